The Bertz CT molecular complexity index is 683. The minimum absolute atomic E-state index is 0.0936. The Morgan fingerprint density at radius 1 is 1.25 bits per heavy atom. The summed E-state index contributed by atoms with van der Waals surface area (Å²) < 4.78 is 15.8. The zero-order valence-corrected chi connectivity index (χ0v) is 11.8. The number of fused-ring (bicyclic) bond motifs is 2. The summed E-state index contributed by atoms with van der Waals surface area (Å²) >= 11 is 5.82. The number of nitrogen functional groups attached to an aromatic ring is 1. The number of rotatable bonds is 1. The van der Waals surface area contributed by atoms with Gasteiger partial charge in [-0.25, -0.2) is 9.37 Å². The molecule has 2 aliphatic rings. The van der Waals surface area contributed by atoms with E-state index < -0.39 is 5.82 Å². The number of hydrogen-bond acceptors (Lipinski definition) is 3. The summed E-state index contributed by atoms with van der Waals surface area (Å²) in [6.45, 7) is 2.25. The molecule has 2 saturated heterocycles. The van der Waals surface area contributed by atoms with Gasteiger partial charge in [-0.2, -0.15) is 0 Å². The summed E-state index contributed by atoms with van der Waals surface area (Å²) in [7, 11) is 0. The predicted octanol–water partition coefficient (Wildman–Crippen LogP) is 2.82. The molecule has 0 spiro atoms. The van der Waals surface area contributed by atoms with Crippen LogP contribution < -0.4 is 5.73 Å². The molecule has 2 N–H and O–H groups in total. The maximum atomic E-state index is 13.8. The maximum Gasteiger partial charge on any atom is 0.201 e. The van der Waals surface area contributed by atoms with Gasteiger partial charge in [-0.1, -0.05) is 11.6 Å². The van der Waals surface area contributed by atoms with Crippen molar-refractivity contribution in [2.24, 2.45) is 0 Å². The fourth-order valence-corrected chi connectivity index (χ4v) is 3.97. The van der Waals surface area contributed by atoms with E-state index in [1.807, 2.05) is 4.57 Å². The van der Waals surface area contributed by atoms with Crippen molar-refractivity contribution in [3.63, 3.8) is 0 Å². The summed E-state index contributed by atoms with van der Waals surface area (Å²) in [4.78, 5) is 6.85. The highest BCUT2D eigenvalue weighted by Crippen LogP contribution is 2.39. The van der Waals surface area contributed by atoms with Crippen LogP contribution in [0.3, 0.4) is 0 Å². The number of nitrogens with two attached hydrogens (primary N) is 1. The van der Waals surface area contributed by atoms with Gasteiger partial charge in [-0.05, 0) is 31.9 Å². The lowest BCUT2D eigenvalue weighted by Gasteiger charge is -2.22. The molecule has 2 atom stereocenters. The molecule has 1 aromatic heterocycles. The Hall–Kier alpha value is -1.33. The molecule has 0 aliphatic carbocycles. The molecule has 6 heteroatoms. The highest BCUT2D eigenvalue weighted by Gasteiger charge is 2.39. The van der Waals surface area contributed by atoms with Crippen molar-refractivity contribution in [2.45, 2.75) is 31.3 Å². The van der Waals surface area contributed by atoms with Crippen molar-refractivity contribution >= 4 is 28.6 Å². The number of aromatic nitrogens is 2. The monoisotopic (exact) mass is 294 g/mol. The molecule has 2 aromatic rings. The lowest BCUT2D eigenvalue weighted by molar-refractivity contribution is 0.293. The molecule has 4 rings (SSSR count). The van der Waals surface area contributed by atoms with Gasteiger partial charge in [0.2, 0.25) is 5.95 Å². The zero-order valence-electron chi connectivity index (χ0n) is 11.0. The normalized spacial score (nSPS) is 26.5. The van der Waals surface area contributed by atoms with Crippen molar-refractivity contribution in [1.29, 1.82) is 0 Å². The second kappa shape index (κ2) is 4.33. The maximum absolute atomic E-state index is 13.8. The Morgan fingerprint density at radius 3 is 2.95 bits per heavy atom. The number of hydrogen-bond donors (Lipinski definition) is 1. The molecular formula is C14H16ClFN4. The third-order valence-corrected chi connectivity index (χ3v) is 4.95. The van der Waals surface area contributed by atoms with Crippen LogP contribution in [0.15, 0.2) is 12.1 Å². The second-order valence-electron chi connectivity index (χ2n) is 5.70. The second-order valence-corrected chi connectivity index (χ2v) is 6.10. The topological polar surface area (TPSA) is 47.1 Å². The standard InChI is InChI=1S/C14H16ClFN4/c15-8-6-10-13(7-9(8)16)20(14(17)18-10)12-3-5-19-4-1-2-11(12)19/h6-7,11-12H,1-5H2,(H2,17,18). The molecule has 3 heterocycles. The van der Waals surface area contributed by atoms with Crippen LogP contribution in [0.1, 0.15) is 25.3 Å². The molecule has 1 aromatic carbocycles. The van der Waals surface area contributed by atoms with Gasteiger partial charge < -0.3 is 10.3 Å². The van der Waals surface area contributed by atoms with Crippen molar-refractivity contribution in [3.05, 3.63) is 23.0 Å². The molecular weight excluding hydrogens is 279 g/mol. The van der Waals surface area contributed by atoms with Gasteiger partial charge in [0, 0.05) is 18.7 Å². The fourth-order valence-electron chi connectivity index (χ4n) is 3.81. The lowest BCUT2D eigenvalue weighted by atomic mass is 10.1. The summed E-state index contributed by atoms with van der Waals surface area (Å²) in [5.41, 5.74) is 7.51. The van der Waals surface area contributed by atoms with E-state index in [1.54, 1.807) is 6.07 Å². The Balaban J connectivity index is 1.87. The SMILES string of the molecule is Nc1nc2cc(Cl)c(F)cc2n1C1CCN2CCCC12. The minimum Gasteiger partial charge on any atom is -0.369 e. The third-order valence-electron chi connectivity index (χ3n) is 4.66. The lowest BCUT2D eigenvalue weighted by Crippen LogP contribution is -2.28. The fraction of sp³-hybridized carbons (Fsp3) is 0.500. The quantitative estimate of drug-likeness (QED) is 0.880. The van der Waals surface area contributed by atoms with Crippen LogP contribution in [-0.2, 0) is 0 Å². The predicted molar refractivity (Wildman–Crippen MR) is 77.4 cm³/mol. The molecule has 0 bridgehead atoms. The van der Waals surface area contributed by atoms with Gasteiger partial charge in [0.05, 0.1) is 22.1 Å². The van der Waals surface area contributed by atoms with Crippen molar-refractivity contribution in [3.8, 4) is 0 Å². The molecule has 2 unspecified atom stereocenters. The van der Waals surface area contributed by atoms with Gasteiger partial charge in [-0.3, -0.25) is 4.90 Å². The number of imidazole rings is 1. The van der Waals surface area contributed by atoms with Crippen molar-refractivity contribution in [1.82, 2.24) is 14.5 Å². The minimum atomic E-state index is -0.415. The first kappa shape index (κ1) is 12.4. The molecule has 4 nitrogen and oxygen atoms in total. The summed E-state index contributed by atoms with van der Waals surface area (Å²) in [5, 5.41) is 0.0936. The van der Waals surface area contributed by atoms with Crippen LogP contribution in [0.5, 0.6) is 0 Å². The Morgan fingerprint density at radius 2 is 2.10 bits per heavy atom. The van der Waals surface area contributed by atoms with E-state index in [4.69, 9.17) is 17.3 Å². The van der Waals surface area contributed by atoms with Crippen molar-refractivity contribution < 1.29 is 4.39 Å². The highest BCUT2D eigenvalue weighted by molar-refractivity contribution is 6.31. The van der Waals surface area contributed by atoms with Crippen LogP contribution >= 0.6 is 11.6 Å². The van der Waals surface area contributed by atoms with E-state index in [1.165, 1.54) is 18.9 Å². The number of nitrogens with zero attached hydrogens (tertiary/aromatic N) is 3. The van der Waals surface area contributed by atoms with Gasteiger partial charge in [0.1, 0.15) is 5.82 Å². The third kappa shape index (κ3) is 1.66. The van der Waals surface area contributed by atoms with E-state index in [-0.39, 0.29) is 5.02 Å². The Labute approximate surface area is 121 Å². The Kier molecular flexibility index (Phi) is 2.69. The zero-order chi connectivity index (χ0) is 13.9. The van der Waals surface area contributed by atoms with Crippen LogP contribution in [0, 0.1) is 5.82 Å². The average molecular weight is 295 g/mol. The molecule has 0 saturated carbocycles. The molecule has 20 heavy (non-hydrogen) atoms. The largest absolute Gasteiger partial charge is 0.369 e. The van der Waals surface area contributed by atoms with Crippen LogP contribution in [-0.4, -0.2) is 33.6 Å². The average Bonchev–Trinajstić information content (AvgIpc) is 3.05. The van der Waals surface area contributed by atoms with Crippen LogP contribution in [0.25, 0.3) is 11.0 Å². The van der Waals surface area contributed by atoms with E-state index >= 15 is 0 Å². The number of anilines is 1. The first-order valence-corrected chi connectivity index (χ1v) is 7.39. The molecule has 0 radical (unpaired) electrons. The number of benzene rings is 1. The van der Waals surface area contributed by atoms with Gasteiger partial charge in [0.25, 0.3) is 0 Å². The summed E-state index contributed by atoms with van der Waals surface area (Å²) in [6.07, 6.45) is 3.46. The molecule has 2 fully saturated rings. The van der Waals surface area contributed by atoms with E-state index in [0.29, 0.717) is 23.5 Å². The van der Waals surface area contributed by atoms with Gasteiger partial charge >= 0.3 is 0 Å². The smallest absolute Gasteiger partial charge is 0.201 e. The molecule has 106 valence electrons. The first-order valence-electron chi connectivity index (χ1n) is 7.01. The van der Waals surface area contributed by atoms with Crippen LogP contribution in [0.4, 0.5) is 10.3 Å². The molecule has 0 amide bonds. The van der Waals surface area contributed by atoms with Crippen molar-refractivity contribution in [2.75, 3.05) is 18.8 Å². The van der Waals surface area contributed by atoms with E-state index in [0.717, 1.165) is 25.0 Å². The number of halogens is 2. The summed E-state index contributed by atoms with van der Waals surface area (Å²) in [6, 6.07) is 3.82. The van der Waals surface area contributed by atoms with E-state index in [9.17, 15) is 4.39 Å². The van der Waals surface area contributed by atoms with Crippen LogP contribution in [0.2, 0.25) is 5.02 Å². The molecule has 2 aliphatic heterocycles. The van der Waals surface area contributed by atoms with Gasteiger partial charge in [0.15, 0.2) is 0 Å². The van der Waals surface area contributed by atoms with Gasteiger partial charge in [-0.15, -0.1) is 0 Å². The van der Waals surface area contributed by atoms with E-state index in [2.05, 4.69) is 9.88 Å². The first-order chi connectivity index (χ1) is 9.65. The summed E-state index contributed by atoms with van der Waals surface area (Å²) in [5.74, 6) is 0.0435. The highest BCUT2D eigenvalue weighted by atomic mass is 35.5.